The summed E-state index contributed by atoms with van der Waals surface area (Å²) in [6, 6.07) is 8.10. The summed E-state index contributed by atoms with van der Waals surface area (Å²) in [6.07, 6.45) is 1.80. The number of aromatic nitrogens is 2. The predicted molar refractivity (Wildman–Crippen MR) is 94.4 cm³/mol. The van der Waals surface area contributed by atoms with Crippen molar-refractivity contribution in [1.82, 2.24) is 20.6 Å². The Hall–Kier alpha value is -2.18. The molecule has 130 valence electrons. The highest BCUT2D eigenvalue weighted by Crippen LogP contribution is 2.27. The van der Waals surface area contributed by atoms with Gasteiger partial charge < -0.3 is 20.1 Å². The topological polar surface area (TPSA) is 68.3 Å². The number of aryl methyl sites for hydroxylation is 1. The molecule has 0 aliphatic heterocycles. The van der Waals surface area contributed by atoms with Crippen LogP contribution in [0.4, 0.5) is 0 Å². The molecule has 0 radical (unpaired) electrons. The van der Waals surface area contributed by atoms with Gasteiger partial charge in [-0.25, -0.2) is 9.97 Å². The number of rotatable bonds is 9. The van der Waals surface area contributed by atoms with Crippen LogP contribution in [0.3, 0.4) is 0 Å². The van der Waals surface area contributed by atoms with Crippen LogP contribution in [0.15, 0.2) is 30.5 Å². The Labute approximate surface area is 143 Å². The third-order valence-electron chi connectivity index (χ3n) is 3.77. The van der Waals surface area contributed by atoms with E-state index < -0.39 is 0 Å². The number of ether oxygens (including phenoxy) is 2. The Morgan fingerprint density at radius 1 is 1.08 bits per heavy atom. The average Bonchev–Trinajstić information content (AvgIpc) is 2.61. The van der Waals surface area contributed by atoms with E-state index in [9.17, 15) is 0 Å². The second kappa shape index (κ2) is 9.20. The first-order chi connectivity index (χ1) is 11.6. The van der Waals surface area contributed by atoms with Crippen LogP contribution in [0.1, 0.15) is 30.0 Å². The van der Waals surface area contributed by atoms with Crippen LogP contribution < -0.4 is 20.1 Å². The molecule has 1 aromatic heterocycles. The van der Waals surface area contributed by atoms with E-state index in [-0.39, 0.29) is 6.04 Å². The summed E-state index contributed by atoms with van der Waals surface area (Å²) < 4.78 is 10.6. The summed E-state index contributed by atoms with van der Waals surface area (Å²) in [5, 5.41) is 6.87. The number of nitrogens with zero attached hydrogens (tertiary/aromatic N) is 2. The Morgan fingerprint density at radius 3 is 2.58 bits per heavy atom. The van der Waals surface area contributed by atoms with E-state index in [1.165, 1.54) is 0 Å². The lowest BCUT2D eigenvalue weighted by Gasteiger charge is -2.14. The summed E-state index contributed by atoms with van der Waals surface area (Å²) in [5.74, 6) is 2.30. The molecule has 0 spiro atoms. The SMILES string of the molecule is COc1ccc(CNCCNC(C)c2ccnc(C)n2)cc1OC. The largest absolute Gasteiger partial charge is 0.493 e. The minimum absolute atomic E-state index is 0.203. The molecular formula is C18H26N4O2. The monoisotopic (exact) mass is 330 g/mol. The number of nitrogens with one attached hydrogen (secondary N) is 2. The van der Waals surface area contributed by atoms with Gasteiger partial charge >= 0.3 is 0 Å². The van der Waals surface area contributed by atoms with Gasteiger partial charge in [-0.15, -0.1) is 0 Å². The van der Waals surface area contributed by atoms with Gasteiger partial charge in [0.2, 0.25) is 0 Å². The molecule has 0 aliphatic rings. The molecule has 0 bridgehead atoms. The molecular weight excluding hydrogens is 304 g/mol. The Kier molecular flexibility index (Phi) is 6.96. The van der Waals surface area contributed by atoms with Gasteiger partial charge in [0.15, 0.2) is 11.5 Å². The third-order valence-corrected chi connectivity index (χ3v) is 3.77. The summed E-state index contributed by atoms with van der Waals surface area (Å²) >= 11 is 0. The van der Waals surface area contributed by atoms with Gasteiger partial charge in [0.25, 0.3) is 0 Å². The number of hydrogen-bond acceptors (Lipinski definition) is 6. The van der Waals surface area contributed by atoms with E-state index in [0.717, 1.165) is 48.2 Å². The van der Waals surface area contributed by atoms with Crippen molar-refractivity contribution in [3.05, 3.63) is 47.5 Å². The fourth-order valence-corrected chi connectivity index (χ4v) is 2.42. The quantitative estimate of drug-likeness (QED) is 0.687. The molecule has 0 aliphatic carbocycles. The van der Waals surface area contributed by atoms with Crippen molar-refractivity contribution in [3.8, 4) is 11.5 Å². The molecule has 2 rings (SSSR count). The number of methoxy groups -OCH3 is 2. The molecule has 2 N–H and O–H groups in total. The first-order valence-electron chi connectivity index (χ1n) is 8.08. The van der Waals surface area contributed by atoms with Crippen LogP contribution in [0.5, 0.6) is 11.5 Å². The van der Waals surface area contributed by atoms with Gasteiger partial charge in [-0.2, -0.15) is 0 Å². The standard InChI is InChI=1S/C18H26N4O2/c1-13(16-7-8-21-14(2)22-16)20-10-9-19-12-15-5-6-17(23-3)18(11-15)24-4/h5-8,11,13,19-20H,9-10,12H2,1-4H3. The van der Waals surface area contributed by atoms with Crippen LogP contribution in [0, 0.1) is 6.92 Å². The van der Waals surface area contributed by atoms with Crippen molar-refractivity contribution in [2.45, 2.75) is 26.4 Å². The lowest BCUT2D eigenvalue weighted by molar-refractivity contribution is 0.354. The molecule has 1 atom stereocenters. The van der Waals surface area contributed by atoms with Gasteiger partial charge in [-0.1, -0.05) is 6.07 Å². The Morgan fingerprint density at radius 2 is 1.88 bits per heavy atom. The first-order valence-corrected chi connectivity index (χ1v) is 8.08. The molecule has 6 heteroatoms. The molecule has 24 heavy (non-hydrogen) atoms. The van der Waals surface area contributed by atoms with Gasteiger partial charge in [-0.3, -0.25) is 0 Å². The zero-order valence-electron chi connectivity index (χ0n) is 14.8. The fraction of sp³-hybridized carbons (Fsp3) is 0.444. The van der Waals surface area contributed by atoms with Crippen LogP contribution in [0.25, 0.3) is 0 Å². The van der Waals surface area contributed by atoms with Gasteiger partial charge in [0, 0.05) is 31.9 Å². The molecule has 2 aromatic rings. The minimum atomic E-state index is 0.203. The number of benzene rings is 1. The fourth-order valence-electron chi connectivity index (χ4n) is 2.42. The molecule has 0 amide bonds. The molecule has 0 fully saturated rings. The van der Waals surface area contributed by atoms with Crippen molar-refractivity contribution in [3.63, 3.8) is 0 Å². The maximum Gasteiger partial charge on any atom is 0.161 e. The molecule has 6 nitrogen and oxygen atoms in total. The summed E-state index contributed by atoms with van der Waals surface area (Å²) in [5.41, 5.74) is 2.18. The zero-order chi connectivity index (χ0) is 17.4. The van der Waals surface area contributed by atoms with E-state index in [2.05, 4.69) is 27.5 Å². The number of hydrogen-bond donors (Lipinski definition) is 2. The van der Waals surface area contributed by atoms with Crippen molar-refractivity contribution >= 4 is 0 Å². The van der Waals surface area contributed by atoms with Crippen molar-refractivity contribution in [2.24, 2.45) is 0 Å². The third kappa shape index (κ3) is 5.18. The van der Waals surface area contributed by atoms with E-state index in [1.807, 2.05) is 31.2 Å². The van der Waals surface area contributed by atoms with E-state index in [1.54, 1.807) is 20.4 Å². The molecule has 0 saturated carbocycles. The van der Waals surface area contributed by atoms with Crippen LogP contribution in [0.2, 0.25) is 0 Å². The highest BCUT2D eigenvalue weighted by atomic mass is 16.5. The van der Waals surface area contributed by atoms with Gasteiger partial charge in [0.1, 0.15) is 5.82 Å². The summed E-state index contributed by atoms with van der Waals surface area (Å²) in [4.78, 5) is 8.56. The van der Waals surface area contributed by atoms with Crippen LogP contribution in [-0.2, 0) is 6.54 Å². The zero-order valence-corrected chi connectivity index (χ0v) is 14.8. The lowest BCUT2D eigenvalue weighted by atomic mass is 10.2. The summed E-state index contributed by atoms with van der Waals surface area (Å²) in [6.45, 7) is 6.51. The highest BCUT2D eigenvalue weighted by molar-refractivity contribution is 5.42. The molecule has 1 unspecified atom stereocenters. The smallest absolute Gasteiger partial charge is 0.161 e. The average molecular weight is 330 g/mol. The lowest BCUT2D eigenvalue weighted by Crippen LogP contribution is -2.29. The van der Waals surface area contributed by atoms with E-state index in [4.69, 9.17) is 9.47 Å². The Bertz CT molecular complexity index is 649. The normalized spacial score (nSPS) is 12.0. The maximum atomic E-state index is 5.32. The maximum absolute atomic E-state index is 5.32. The van der Waals surface area contributed by atoms with Crippen LogP contribution in [-0.4, -0.2) is 37.3 Å². The summed E-state index contributed by atoms with van der Waals surface area (Å²) in [7, 11) is 3.29. The first kappa shape index (κ1) is 18.2. The highest BCUT2D eigenvalue weighted by Gasteiger charge is 2.07. The molecule has 1 aromatic carbocycles. The van der Waals surface area contributed by atoms with E-state index >= 15 is 0 Å². The van der Waals surface area contributed by atoms with Crippen molar-refractivity contribution in [1.29, 1.82) is 0 Å². The van der Waals surface area contributed by atoms with Crippen LogP contribution >= 0.6 is 0 Å². The minimum Gasteiger partial charge on any atom is -0.493 e. The van der Waals surface area contributed by atoms with Gasteiger partial charge in [-0.05, 0) is 37.6 Å². The van der Waals surface area contributed by atoms with Crippen molar-refractivity contribution < 1.29 is 9.47 Å². The second-order valence-corrected chi connectivity index (χ2v) is 5.57. The van der Waals surface area contributed by atoms with E-state index in [0.29, 0.717) is 0 Å². The second-order valence-electron chi connectivity index (χ2n) is 5.57. The Balaban J connectivity index is 1.73. The molecule has 0 saturated heterocycles. The van der Waals surface area contributed by atoms with Gasteiger partial charge in [0.05, 0.1) is 19.9 Å². The predicted octanol–water partition coefficient (Wildman–Crippen LogP) is 2.24. The van der Waals surface area contributed by atoms with Crippen molar-refractivity contribution in [2.75, 3.05) is 27.3 Å². The molecule has 1 heterocycles.